The molecule has 1 heterocycles. The van der Waals surface area contributed by atoms with E-state index in [1.54, 1.807) is 19.1 Å². The summed E-state index contributed by atoms with van der Waals surface area (Å²) in [4.78, 5) is 24.0. The monoisotopic (exact) mass is 460 g/mol. The molecule has 0 amide bonds. The zero-order valence-corrected chi connectivity index (χ0v) is 20.7. The van der Waals surface area contributed by atoms with E-state index < -0.39 is 5.97 Å². The summed E-state index contributed by atoms with van der Waals surface area (Å²) in [7, 11) is 0. The fourth-order valence-electron chi connectivity index (χ4n) is 3.05. The number of allylic oxidation sites excluding steroid dienone is 6. The van der Waals surface area contributed by atoms with Crippen molar-refractivity contribution in [2.24, 2.45) is 0 Å². The predicted octanol–water partition coefficient (Wildman–Crippen LogP) is 7.85. The first-order valence-electron chi connectivity index (χ1n) is 12.0. The molecule has 0 saturated heterocycles. The minimum absolute atomic E-state index is 0.211. The van der Waals surface area contributed by atoms with Crippen molar-refractivity contribution >= 4 is 23.1 Å². The van der Waals surface area contributed by atoms with Crippen molar-refractivity contribution in [2.75, 3.05) is 13.2 Å². The van der Waals surface area contributed by atoms with Crippen molar-refractivity contribution in [1.29, 1.82) is 0 Å². The van der Waals surface area contributed by atoms with E-state index in [9.17, 15) is 9.59 Å². The van der Waals surface area contributed by atoms with Gasteiger partial charge in [-0.05, 0) is 57.6 Å². The van der Waals surface area contributed by atoms with E-state index in [-0.39, 0.29) is 18.8 Å². The molecule has 1 aromatic rings. The first kappa shape index (κ1) is 27.9. The second kappa shape index (κ2) is 19.5. The highest BCUT2D eigenvalue weighted by Gasteiger charge is 2.15. The van der Waals surface area contributed by atoms with Crippen molar-refractivity contribution < 1.29 is 19.1 Å². The Morgan fingerprint density at radius 1 is 0.844 bits per heavy atom. The van der Waals surface area contributed by atoms with Gasteiger partial charge in [-0.15, -0.1) is 0 Å². The second-order valence-corrected chi connectivity index (χ2v) is 8.62. The van der Waals surface area contributed by atoms with Gasteiger partial charge in [-0.25, -0.2) is 0 Å². The van der Waals surface area contributed by atoms with Crippen molar-refractivity contribution in [1.82, 2.24) is 0 Å². The number of carbonyl (C=O) groups excluding carboxylic acids is 2. The Hall–Kier alpha value is -2.14. The Kier molecular flexibility index (Phi) is 17.0. The predicted molar refractivity (Wildman–Crippen MR) is 135 cm³/mol. The van der Waals surface area contributed by atoms with Gasteiger partial charge in [-0.1, -0.05) is 80.4 Å². The van der Waals surface area contributed by atoms with Crippen LogP contribution in [0.4, 0.5) is 0 Å². The number of hydrogen-bond acceptors (Lipinski definition) is 5. The van der Waals surface area contributed by atoms with Gasteiger partial charge in [0.05, 0.1) is 18.1 Å². The maximum atomic E-state index is 12.0. The van der Waals surface area contributed by atoms with Crippen molar-refractivity contribution in [3.63, 3.8) is 0 Å². The number of ether oxygens (including phenoxy) is 2. The zero-order valence-electron chi connectivity index (χ0n) is 19.9. The number of thiophene rings is 1. The standard InChI is InChI=1S/C27H40O4S/c1-3-5-6-7-8-9-10-11-12-13-14-15-16-17-18-19-22-31-27-21-20-25(32-27)24(28)23-26(29)30-4-2/h5-6,8-9,11-12,20-21H,3-4,7,10,13-19,22-23H2,1-2H3. The Balaban J connectivity index is 1.97. The minimum Gasteiger partial charge on any atom is -0.484 e. The molecule has 1 aromatic heterocycles. The molecule has 0 aliphatic rings. The van der Waals surface area contributed by atoms with Gasteiger partial charge in [0.15, 0.2) is 10.8 Å². The molecule has 0 unspecified atom stereocenters. The fourth-order valence-corrected chi connectivity index (χ4v) is 3.87. The molecule has 0 aliphatic heterocycles. The highest BCUT2D eigenvalue weighted by Crippen LogP contribution is 2.26. The molecule has 0 N–H and O–H groups in total. The highest BCUT2D eigenvalue weighted by atomic mass is 32.1. The molecule has 0 aromatic carbocycles. The first-order chi connectivity index (χ1) is 15.7. The molecule has 0 radical (unpaired) electrons. The molecule has 5 heteroatoms. The molecule has 0 atom stereocenters. The van der Waals surface area contributed by atoms with E-state index in [1.165, 1.54) is 43.4 Å². The maximum Gasteiger partial charge on any atom is 0.313 e. The SMILES string of the molecule is CCC=CCC=CCC=CCCCCCCCCOc1ccc(C(=O)CC(=O)OCC)s1. The maximum absolute atomic E-state index is 12.0. The first-order valence-corrected chi connectivity index (χ1v) is 12.9. The summed E-state index contributed by atoms with van der Waals surface area (Å²) in [6.07, 6.45) is 24.8. The van der Waals surface area contributed by atoms with Crippen LogP contribution >= 0.6 is 11.3 Å². The average Bonchev–Trinajstić information content (AvgIpc) is 3.25. The molecule has 178 valence electrons. The lowest BCUT2D eigenvalue weighted by Gasteiger charge is -2.03. The van der Waals surface area contributed by atoms with Crippen LogP contribution in [0.25, 0.3) is 0 Å². The Labute approximate surface area is 198 Å². The smallest absolute Gasteiger partial charge is 0.313 e. The Morgan fingerprint density at radius 2 is 1.50 bits per heavy atom. The molecular weight excluding hydrogens is 420 g/mol. The Bertz CT molecular complexity index is 715. The summed E-state index contributed by atoms with van der Waals surface area (Å²) in [5.74, 6) is -0.693. The number of rotatable bonds is 19. The van der Waals surface area contributed by atoms with Crippen LogP contribution in [-0.2, 0) is 9.53 Å². The third-order valence-corrected chi connectivity index (χ3v) is 5.79. The summed E-state index contributed by atoms with van der Waals surface area (Å²) in [5.41, 5.74) is 0. The zero-order chi connectivity index (χ0) is 23.3. The van der Waals surface area contributed by atoms with Gasteiger partial charge in [0, 0.05) is 0 Å². The summed E-state index contributed by atoms with van der Waals surface area (Å²) < 4.78 is 10.6. The van der Waals surface area contributed by atoms with E-state index in [0.717, 1.165) is 37.2 Å². The van der Waals surface area contributed by atoms with Crippen LogP contribution in [0.5, 0.6) is 5.06 Å². The largest absolute Gasteiger partial charge is 0.484 e. The van der Waals surface area contributed by atoms with E-state index >= 15 is 0 Å². The summed E-state index contributed by atoms with van der Waals surface area (Å²) in [6.45, 7) is 4.84. The molecule has 0 fully saturated rings. The molecular formula is C27H40O4S. The topological polar surface area (TPSA) is 52.6 Å². The van der Waals surface area contributed by atoms with Gasteiger partial charge in [0.1, 0.15) is 6.42 Å². The van der Waals surface area contributed by atoms with Gasteiger partial charge in [-0.2, -0.15) is 0 Å². The third-order valence-electron chi connectivity index (χ3n) is 4.76. The number of esters is 1. The van der Waals surface area contributed by atoms with Gasteiger partial charge >= 0.3 is 5.97 Å². The number of carbonyl (C=O) groups is 2. The molecule has 32 heavy (non-hydrogen) atoms. The van der Waals surface area contributed by atoms with Gasteiger partial charge in [0.2, 0.25) is 0 Å². The minimum atomic E-state index is -0.479. The van der Waals surface area contributed by atoms with Gasteiger partial charge in [0.25, 0.3) is 0 Å². The van der Waals surface area contributed by atoms with Crippen molar-refractivity contribution in [2.45, 2.75) is 84.5 Å². The number of Topliss-reactive ketones (excluding diaryl/α,β-unsaturated/α-hetero) is 1. The quantitative estimate of drug-likeness (QED) is 0.0693. The lowest BCUT2D eigenvalue weighted by Crippen LogP contribution is -2.10. The number of hydrogen-bond donors (Lipinski definition) is 0. The van der Waals surface area contributed by atoms with Crippen LogP contribution in [0.3, 0.4) is 0 Å². The van der Waals surface area contributed by atoms with Crippen LogP contribution in [0.1, 0.15) is 94.1 Å². The normalized spacial score (nSPS) is 11.7. The molecule has 0 aliphatic carbocycles. The highest BCUT2D eigenvalue weighted by molar-refractivity contribution is 7.15. The Morgan fingerprint density at radius 3 is 2.22 bits per heavy atom. The lowest BCUT2D eigenvalue weighted by atomic mass is 10.1. The van der Waals surface area contributed by atoms with Crippen LogP contribution in [-0.4, -0.2) is 25.0 Å². The van der Waals surface area contributed by atoms with E-state index in [1.807, 2.05) is 0 Å². The fraction of sp³-hybridized carbons (Fsp3) is 0.556. The van der Waals surface area contributed by atoms with Crippen LogP contribution < -0.4 is 4.74 Å². The second-order valence-electron chi connectivity index (χ2n) is 7.58. The van der Waals surface area contributed by atoms with Crippen molar-refractivity contribution in [3.05, 3.63) is 53.5 Å². The molecule has 0 spiro atoms. The third kappa shape index (κ3) is 14.8. The molecule has 4 nitrogen and oxygen atoms in total. The summed E-state index contributed by atoms with van der Waals surface area (Å²) >= 11 is 1.30. The van der Waals surface area contributed by atoms with E-state index in [4.69, 9.17) is 9.47 Å². The summed E-state index contributed by atoms with van der Waals surface area (Å²) in [6, 6.07) is 3.52. The molecule has 1 rings (SSSR count). The van der Waals surface area contributed by atoms with Crippen LogP contribution in [0.2, 0.25) is 0 Å². The van der Waals surface area contributed by atoms with E-state index in [0.29, 0.717) is 11.5 Å². The van der Waals surface area contributed by atoms with Crippen LogP contribution in [0.15, 0.2) is 48.6 Å². The van der Waals surface area contributed by atoms with Crippen molar-refractivity contribution in [3.8, 4) is 5.06 Å². The lowest BCUT2D eigenvalue weighted by molar-refractivity contribution is -0.141. The number of ketones is 1. The molecule has 0 bridgehead atoms. The van der Waals surface area contributed by atoms with E-state index in [2.05, 4.69) is 43.4 Å². The summed E-state index contributed by atoms with van der Waals surface area (Å²) in [5, 5.41) is 0.733. The molecule has 0 saturated carbocycles. The number of unbranched alkanes of at least 4 members (excludes halogenated alkanes) is 6. The van der Waals surface area contributed by atoms with Gasteiger partial charge in [-0.3, -0.25) is 9.59 Å². The van der Waals surface area contributed by atoms with Gasteiger partial charge < -0.3 is 9.47 Å². The van der Waals surface area contributed by atoms with Crippen LogP contribution in [0, 0.1) is 0 Å². The average molecular weight is 461 g/mol.